The molecule has 2 aromatic carbocycles. The molecule has 94 valence electrons. The number of rotatable bonds is 2. The van der Waals surface area contributed by atoms with Crippen molar-refractivity contribution in [3.63, 3.8) is 0 Å². The molecule has 0 spiro atoms. The van der Waals surface area contributed by atoms with Crippen LogP contribution in [0.25, 0.3) is 0 Å². The van der Waals surface area contributed by atoms with Gasteiger partial charge in [0.05, 0.1) is 0 Å². The van der Waals surface area contributed by atoms with Crippen LogP contribution in [-0.4, -0.2) is 5.11 Å². The Balaban J connectivity index is 2.46. The van der Waals surface area contributed by atoms with Gasteiger partial charge in [-0.15, -0.1) is 0 Å². The van der Waals surface area contributed by atoms with Gasteiger partial charge in [0.25, 0.3) is 0 Å². The number of benzene rings is 2. The third-order valence-corrected chi connectivity index (χ3v) is 3.55. The zero-order valence-corrected chi connectivity index (χ0v) is 11.8. The van der Waals surface area contributed by atoms with E-state index in [2.05, 4.69) is 15.9 Å². The maximum Gasteiger partial charge on any atom is 0.123 e. The minimum Gasteiger partial charge on any atom is -0.384 e. The maximum absolute atomic E-state index is 13.2. The van der Waals surface area contributed by atoms with Crippen LogP contribution in [-0.2, 0) is 0 Å². The lowest BCUT2D eigenvalue weighted by Gasteiger charge is -2.17. The van der Waals surface area contributed by atoms with E-state index in [9.17, 15) is 9.50 Å². The van der Waals surface area contributed by atoms with E-state index in [0.717, 1.165) is 26.7 Å². The summed E-state index contributed by atoms with van der Waals surface area (Å²) in [5, 5.41) is 10.4. The van der Waals surface area contributed by atoms with Crippen LogP contribution in [0.1, 0.15) is 28.4 Å². The van der Waals surface area contributed by atoms with Crippen molar-refractivity contribution in [3.05, 3.63) is 68.9 Å². The lowest BCUT2D eigenvalue weighted by molar-refractivity contribution is 0.218. The summed E-state index contributed by atoms with van der Waals surface area (Å²) in [6.07, 6.45) is -0.723. The monoisotopic (exact) mass is 308 g/mol. The molecule has 0 aromatic heterocycles. The Labute approximate surface area is 114 Å². The molecule has 0 amide bonds. The Morgan fingerprint density at radius 2 is 1.56 bits per heavy atom. The number of halogens is 2. The van der Waals surface area contributed by atoms with Crippen molar-refractivity contribution >= 4 is 15.9 Å². The molecule has 3 heteroatoms. The number of aryl methyl sites for hydroxylation is 2. The summed E-state index contributed by atoms with van der Waals surface area (Å²) in [4.78, 5) is 0. The second-order valence-corrected chi connectivity index (χ2v) is 5.32. The van der Waals surface area contributed by atoms with E-state index >= 15 is 0 Å². The smallest absolute Gasteiger partial charge is 0.123 e. The van der Waals surface area contributed by atoms with Gasteiger partial charge in [-0.2, -0.15) is 0 Å². The zero-order chi connectivity index (χ0) is 13.3. The van der Waals surface area contributed by atoms with Crippen molar-refractivity contribution < 1.29 is 9.50 Å². The Morgan fingerprint density at radius 1 is 1.06 bits per heavy atom. The van der Waals surface area contributed by atoms with Crippen molar-refractivity contribution in [1.82, 2.24) is 0 Å². The quantitative estimate of drug-likeness (QED) is 0.877. The van der Waals surface area contributed by atoms with Gasteiger partial charge in [0.1, 0.15) is 11.9 Å². The van der Waals surface area contributed by atoms with Crippen molar-refractivity contribution in [2.45, 2.75) is 20.0 Å². The molecule has 1 atom stereocenters. The lowest BCUT2D eigenvalue weighted by Crippen LogP contribution is -2.05. The third-order valence-electron chi connectivity index (χ3n) is 3.02. The van der Waals surface area contributed by atoms with Gasteiger partial charge in [-0.05, 0) is 60.4 Å². The van der Waals surface area contributed by atoms with E-state index in [-0.39, 0.29) is 5.82 Å². The topological polar surface area (TPSA) is 20.2 Å². The summed E-state index contributed by atoms with van der Waals surface area (Å²) in [6, 6.07) is 10.4. The van der Waals surface area contributed by atoms with Gasteiger partial charge in [0.15, 0.2) is 0 Å². The molecule has 0 aliphatic carbocycles. The van der Waals surface area contributed by atoms with Crippen LogP contribution in [0.2, 0.25) is 0 Å². The predicted molar refractivity (Wildman–Crippen MR) is 74.1 cm³/mol. The summed E-state index contributed by atoms with van der Waals surface area (Å²) in [5.74, 6) is -0.267. The first-order chi connectivity index (χ1) is 8.49. The molecule has 1 N–H and O–H groups in total. The molecule has 0 aliphatic rings. The molecule has 0 radical (unpaired) electrons. The van der Waals surface area contributed by atoms with E-state index in [1.165, 1.54) is 12.1 Å². The molecule has 0 saturated heterocycles. The summed E-state index contributed by atoms with van der Waals surface area (Å²) < 4.78 is 14.2. The van der Waals surface area contributed by atoms with E-state index in [0.29, 0.717) is 0 Å². The second kappa shape index (κ2) is 5.21. The third kappa shape index (κ3) is 2.62. The molecule has 0 fully saturated rings. The molecule has 2 aromatic rings. The molecular formula is C15H14BrFO. The lowest BCUT2D eigenvalue weighted by atomic mass is 9.93. The highest BCUT2D eigenvalue weighted by atomic mass is 79.9. The van der Waals surface area contributed by atoms with Crippen LogP contribution in [0.15, 0.2) is 40.9 Å². The molecule has 2 rings (SSSR count). The van der Waals surface area contributed by atoms with Crippen molar-refractivity contribution in [2.24, 2.45) is 0 Å². The summed E-state index contributed by atoms with van der Waals surface area (Å²) in [5.41, 5.74) is 3.11. The van der Waals surface area contributed by atoms with Gasteiger partial charge >= 0.3 is 0 Å². The normalized spacial score (nSPS) is 12.5. The Morgan fingerprint density at radius 3 is 2.06 bits per heavy atom. The van der Waals surface area contributed by atoms with Gasteiger partial charge in [-0.3, -0.25) is 0 Å². The van der Waals surface area contributed by atoms with Crippen LogP contribution in [0.3, 0.4) is 0 Å². The fraction of sp³-hybridized carbons (Fsp3) is 0.200. The number of aliphatic hydroxyl groups excluding tert-OH is 1. The maximum atomic E-state index is 13.2. The van der Waals surface area contributed by atoms with Gasteiger partial charge in [0.2, 0.25) is 0 Å². The van der Waals surface area contributed by atoms with Gasteiger partial charge < -0.3 is 5.11 Å². The molecule has 1 unspecified atom stereocenters. The van der Waals surface area contributed by atoms with E-state index in [4.69, 9.17) is 0 Å². The van der Waals surface area contributed by atoms with Crippen LogP contribution >= 0.6 is 15.9 Å². The van der Waals surface area contributed by atoms with Gasteiger partial charge in [-0.25, -0.2) is 4.39 Å². The highest BCUT2D eigenvalue weighted by Gasteiger charge is 2.16. The highest BCUT2D eigenvalue weighted by molar-refractivity contribution is 9.10. The largest absolute Gasteiger partial charge is 0.384 e. The van der Waals surface area contributed by atoms with Crippen LogP contribution < -0.4 is 0 Å². The van der Waals surface area contributed by atoms with Crippen LogP contribution in [0.4, 0.5) is 4.39 Å². The number of hydrogen-bond acceptors (Lipinski definition) is 1. The van der Waals surface area contributed by atoms with Crippen molar-refractivity contribution in [3.8, 4) is 0 Å². The minimum absolute atomic E-state index is 0.267. The highest BCUT2D eigenvalue weighted by Crippen LogP contribution is 2.29. The Bertz CT molecular complexity index is 540. The van der Waals surface area contributed by atoms with E-state index in [1.54, 1.807) is 0 Å². The number of aliphatic hydroxyl groups is 1. The molecule has 18 heavy (non-hydrogen) atoms. The van der Waals surface area contributed by atoms with Crippen molar-refractivity contribution in [1.29, 1.82) is 0 Å². The first-order valence-corrected chi connectivity index (χ1v) is 6.48. The van der Waals surface area contributed by atoms with E-state index in [1.807, 2.05) is 38.1 Å². The van der Waals surface area contributed by atoms with Gasteiger partial charge in [0, 0.05) is 4.47 Å². The first kappa shape index (κ1) is 13.2. The summed E-state index contributed by atoms with van der Waals surface area (Å²) in [7, 11) is 0. The minimum atomic E-state index is -0.723. The summed E-state index contributed by atoms with van der Waals surface area (Å²) >= 11 is 3.36. The second-order valence-electron chi connectivity index (χ2n) is 4.41. The van der Waals surface area contributed by atoms with Gasteiger partial charge in [-0.1, -0.05) is 28.1 Å². The zero-order valence-electron chi connectivity index (χ0n) is 10.2. The predicted octanol–water partition coefficient (Wildman–Crippen LogP) is 4.29. The first-order valence-electron chi connectivity index (χ1n) is 5.69. The Hall–Kier alpha value is -1.19. The van der Waals surface area contributed by atoms with Crippen LogP contribution in [0.5, 0.6) is 0 Å². The molecule has 0 bridgehead atoms. The molecule has 0 aliphatic heterocycles. The molecule has 0 saturated carbocycles. The fourth-order valence-corrected chi connectivity index (χ4v) is 2.43. The Kier molecular flexibility index (Phi) is 3.83. The number of hydrogen-bond donors (Lipinski definition) is 1. The average Bonchev–Trinajstić information content (AvgIpc) is 2.28. The molecular weight excluding hydrogens is 295 g/mol. The fourth-order valence-electron chi connectivity index (χ4n) is 2.16. The SMILES string of the molecule is Cc1cc(F)cc(C)c1C(O)c1ccc(Br)cc1. The summed E-state index contributed by atoms with van der Waals surface area (Å²) in [6.45, 7) is 3.63. The van der Waals surface area contributed by atoms with Crippen molar-refractivity contribution in [2.75, 3.05) is 0 Å². The van der Waals surface area contributed by atoms with E-state index < -0.39 is 6.10 Å². The standard InChI is InChI=1S/C15H14BrFO/c1-9-7-13(17)8-10(2)14(9)15(18)11-3-5-12(16)6-4-11/h3-8,15,18H,1-2H3. The molecule has 0 heterocycles. The average molecular weight is 309 g/mol. The van der Waals surface area contributed by atoms with Crippen LogP contribution in [0, 0.1) is 19.7 Å². The molecule has 1 nitrogen and oxygen atoms in total.